The van der Waals surface area contributed by atoms with Crippen LogP contribution in [0.15, 0.2) is 40.1 Å². The lowest BCUT2D eigenvalue weighted by Crippen LogP contribution is -2.03. The van der Waals surface area contributed by atoms with E-state index in [2.05, 4.69) is 19.1 Å². The van der Waals surface area contributed by atoms with E-state index in [-0.39, 0.29) is 17.3 Å². The molecule has 1 heterocycles. The molecule has 3 rings (SSSR count). The molecule has 0 saturated heterocycles. The summed E-state index contributed by atoms with van der Waals surface area (Å²) in [5.74, 6) is -0.481. The SMILES string of the molecule is CCc1ccc2c(c1)CC(=O)c1cc(O)c(O)cc1S2. The normalized spacial score (nSPS) is 13.6. The number of hydrogen-bond acceptors (Lipinski definition) is 4. The first-order chi connectivity index (χ1) is 9.58. The van der Waals surface area contributed by atoms with Gasteiger partial charge in [0.05, 0.1) is 0 Å². The lowest BCUT2D eigenvalue weighted by atomic mass is 10.0. The van der Waals surface area contributed by atoms with Gasteiger partial charge in [0, 0.05) is 21.8 Å². The molecule has 0 unspecified atom stereocenters. The first kappa shape index (κ1) is 13.1. The molecule has 3 nitrogen and oxygen atoms in total. The smallest absolute Gasteiger partial charge is 0.168 e. The van der Waals surface area contributed by atoms with E-state index in [1.54, 1.807) is 0 Å². The van der Waals surface area contributed by atoms with Crippen LogP contribution in [-0.4, -0.2) is 16.0 Å². The van der Waals surface area contributed by atoms with Gasteiger partial charge in [-0.1, -0.05) is 30.8 Å². The second-order valence-corrected chi connectivity index (χ2v) is 5.92. The summed E-state index contributed by atoms with van der Waals surface area (Å²) in [5, 5.41) is 19.2. The van der Waals surface area contributed by atoms with Crippen molar-refractivity contribution in [3.05, 3.63) is 47.0 Å². The van der Waals surface area contributed by atoms with Crippen molar-refractivity contribution in [1.29, 1.82) is 0 Å². The van der Waals surface area contributed by atoms with Crippen LogP contribution in [-0.2, 0) is 12.8 Å². The number of phenols is 2. The number of phenolic OH excluding ortho intramolecular Hbond substituents is 2. The van der Waals surface area contributed by atoms with Gasteiger partial charge in [0.15, 0.2) is 17.3 Å². The fraction of sp³-hybridized carbons (Fsp3) is 0.188. The minimum Gasteiger partial charge on any atom is -0.504 e. The van der Waals surface area contributed by atoms with Crippen LogP contribution in [0, 0.1) is 0 Å². The van der Waals surface area contributed by atoms with Crippen LogP contribution >= 0.6 is 11.8 Å². The molecule has 2 N–H and O–H groups in total. The third-order valence-electron chi connectivity index (χ3n) is 3.48. The van der Waals surface area contributed by atoms with Gasteiger partial charge in [-0.25, -0.2) is 0 Å². The predicted molar refractivity (Wildman–Crippen MR) is 77.7 cm³/mol. The van der Waals surface area contributed by atoms with E-state index in [0.29, 0.717) is 16.9 Å². The topological polar surface area (TPSA) is 57.5 Å². The summed E-state index contributed by atoms with van der Waals surface area (Å²) in [5.41, 5.74) is 2.68. The monoisotopic (exact) mass is 286 g/mol. The first-order valence-corrected chi connectivity index (χ1v) is 7.29. The number of benzene rings is 2. The van der Waals surface area contributed by atoms with Crippen molar-refractivity contribution in [2.45, 2.75) is 29.6 Å². The second-order valence-electron chi connectivity index (χ2n) is 4.83. The van der Waals surface area contributed by atoms with Crippen LogP contribution in [0.25, 0.3) is 0 Å². The largest absolute Gasteiger partial charge is 0.504 e. The molecular weight excluding hydrogens is 272 g/mol. The van der Waals surface area contributed by atoms with Crippen molar-refractivity contribution in [3.63, 3.8) is 0 Å². The minimum absolute atomic E-state index is 0.0326. The van der Waals surface area contributed by atoms with Crippen molar-refractivity contribution >= 4 is 17.5 Å². The molecule has 0 radical (unpaired) electrons. The maximum atomic E-state index is 12.3. The number of fused-ring (bicyclic) bond motifs is 2. The Bertz CT molecular complexity index is 707. The maximum Gasteiger partial charge on any atom is 0.168 e. The molecule has 0 saturated carbocycles. The van der Waals surface area contributed by atoms with Gasteiger partial charge < -0.3 is 10.2 Å². The van der Waals surface area contributed by atoms with Crippen LogP contribution < -0.4 is 0 Å². The number of aryl methyl sites for hydroxylation is 1. The number of carbonyl (C=O) groups is 1. The summed E-state index contributed by atoms with van der Waals surface area (Å²) in [6.45, 7) is 2.08. The van der Waals surface area contributed by atoms with Crippen LogP contribution in [0.4, 0.5) is 0 Å². The van der Waals surface area contributed by atoms with Gasteiger partial charge in [-0.05, 0) is 35.7 Å². The fourth-order valence-electron chi connectivity index (χ4n) is 2.34. The van der Waals surface area contributed by atoms with Crippen LogP contribution in [0.5, 0.6) is 11.5 Å². The summed E-state index contributed by atoms with van der Waals surface area (Å²) in [6, 6.07) is 8.95. The lowest BCUT2D eigenvalue weighted by Gasteiger charge is -2.07. The van der Waals surface area contributed by atoms with Crippen LogP contribution in [0.3, 0.4) is 0 Å². The van der Waals surface area contributed by atoms with Gasteiger partial charge in [0.1, 0.15) is 0 Å². The number of ketones is 1. The zero-order valence-corrected chi connectivity index (χ0v) is 11.8. The van der Waals surface area contributed by atoms with Gasteiger partial charge in [0.25, 0.3) is 0 Å². The third kappa shape index (κ3) is 2.16. The van der Waals surface area contributed by atoms with E-state index in [1.807, 2.05) is 6.07 Å². The summed E-state index contributed by atoms with van der Waals surface area (Å²) in [7, 11) is 0. The Morgan fingerprint density at radius 1 is 1.10 bits per heavy atom. The fourth-order valence-corrected chi connectivity index (χ4v) is 3.43. The van der Waals surface area contributed by atoms with Crippen molar-refractivity contribution in [1.82, 2.24) is 0 Å². The molecule has 102 valence electrons. The summed E-state index contributed by atoms with van der Waals surface area (Å²) < 4.78 is 0. The Balaban J connectivity index is 2.13. The van der Waals surface area contributed by atoms with Gasteiger partial charge in [0.2, 0.25) is 0 Å². The van der Waals surface area contributed by atoms with E-state index in [0.717, 1.165) is 16.9 Å². The predicted octanol–water partition coefficient (Wildman–Crippen LogP) is 3.55. The molecule has 1 aliphatic heterocycles. The zero-order valence-electron chi connectivity index (χ0n) is 11.0. The number of carbonyl (C=O) groups excluding carboxylic acids is 1. The molecule has 0 aliphatic carbocycles. The molecule has 4 heteroatoms. The lowest BCUT2D eigenvalue weighted by molar-refractivity contribution is 0.0989. The van der Waals surface area contributed by atoms with Crippen molar-refractivity contribution < 1.29 is 15.0 Å². The van der Waals surface area contributed by atoms with E-state index in [9.17, 15) is 15.0 Å². The van der Waals surface area contributed by atoms with E-state index < -0.39 is 0 Å². The molecule has 20 heavy (non-hydrogen) atoms. The quantitative estimate of drug-likeness (QED) is 0.787. The molecule has 0 spiro atoms. The van der Waals surface area contributed by atoms with Gasteiger partial charge in [-0.3, -0.25) is 4.79 Å². The highest BCUT2D eigenvalue weighted by atomic mass is 32.2. The highest BCUT2D eigenvalue weighted by Gasteiger charge is 2.22. The molecular formula is C16H14O3S. The second kappa shape index (κ2) is 4.87. The molecule has 2 aromatic rings. The van der Waals surface area contributed by atoms with E-state index >= 15 is 0 Å². The van der Waals surface area contributed by atoms with Gasteiger partial charge >= 0.3 is 0 Å². The molecule has 0 bridgehead atoms. The Kier molecular flexibility index (Phi) is 3.18. The third-order valence-corrected chi connectivity index (χ3v) is 4.66. The average molecular weight is 286 g/mol. The Labute approximate surface area is 121 Å². The van der Waals surface area contributed by atoms with Crippen molar-refractivity contribution in [3.8, 4) is 11.5 Å². The summed E-state index contributed by atoms with van der Waals surface area (Å²) in [4.78, 5) is 14.0. The average Bonchev–Trinajstić information content (AvgIpc) is 2.56. The van der Waals surface area contributed by atoms with E-state index in [1.165, 1.54) is 29.5 Å². The summed E-state index contributed by atoms with van der Waals surface area (Å²) >= 11 is 1.46. The first-order valence-electron chi connectivity index (χ1n) is 6.47. The van der Waals surface area contributed by atoms with Gasteiger partial charge in [-0.15, -0.1) is 0 Å². The van der Waals surface area contributed by atoms with Crippen molar-refractivity contribution in [2.75, 3.05) is 0 Å². The summed E-state index contributed by atoms with van der Waals surface area (Å²) in [6.07, 6.45) is 1.26. The van der Waals surface area contributed by atoms with Gasteiger partial charge in [-0.2, -0.15) is 0 Å². The number of rotatable bonds is 1. The molecule has 0 aromatic heterocycles. The van der Waals surface area contributed by atoms with Crippen molar-refractivity contribution in [2.24, 2.45) is 0 Å². The number of Topliss-reactive ketones (excluding diaryl/α,β-unsaturated/α-hetero) is 1. The Morgan fingerprint density at radius 3 is 2.60 bits per heavy atom. The highest BCUT2D eigenvalue weighted by molar-refractivity contribution is 7.99. The highest BCUT2D eigenvalue weighted by Crippen LogP contribution is 2.41. The zero-order chi connectivity index (χ0) is 14.3. The van der Waals surface area contributed by atoms with E-state index in [4.69, 9.17) is 0 Å². The maximum absolute atomic E-state index is 12.3. The van der Waals surface area contributed by atoms with Crippen LogP contribution in [0.2, 0.25) is 0 Å². The Hall–Kier alpha value is -1.94. The molecule has 0 atom stereocenters. The molecule has 0 amide bonds. The molecule has 1 aliphatic rings. The standard InChI is InChI=1S/C16H14O3S/c1-2-9-3-4-15-10(5-9)6-12(17)11-7-13(18)14(19)8-16(11)20-15/h3-5,7-8,18-19H,2,6H2,1H3. The minimum atomic E-state index is -0.252. The Morgan fingerprint density at radius 2 is 1.85 bits per heavy atom. The molecule has 0 fully saturated rings. The number of aromatic hydroxyl groups is 2. The van der Waals surface area contributed by atoms with Crippen LogP contribution in [0.1, 0.15) is 28.4 Å². The number of hydrogen-bond donors (Lipinski definition) is 2. The molecule has 2 aromatic carbocycles.